The Kier molecular flexibility index (Phi) is 5.31. The van der Waals surface area contributed by atoms with Crippen molar-refractivity contribution in [3.8, 4) is 0 Å². The van der Waals surface area contributed by atoms with Crippen LogP contribution in [0.15, 0.2) is 23.1 Å². The number of aromatic nitrogens is 4. The van der Waals surface area contributed by atoms with Crippen LogP contribution in [0.4, 0.5) is 13.2 Å². The second-order valence-electron chi connectivity index (χ2n) is 8.11. The summed E-state index contributed by atoms with van der Waals surface area (Å²) in [7, 11) is 0. The molecule has 2 unspecified atom stereocenters. The molecule has 3 heterocycles. The number of ether oxygens (including phenoxy) is 1. The molecule has 0 aromatic carbocycles. The Labute approximate surface area is 165 Å². The molecular formula is C19H23F3N4O3. The van der Waals surface area contributed by atoms with Gasteiger partial charge < -0.3 is 4.74 Å². The number of hydrogen-bond donors (Lipinski definition) is 0. The molecule has 7 nitrogen and oxygen atoms in total. The Morgan fingerprint density at radius 2 is 1.97 bits per heavy atom. The minimum Gasteiger partial charge on any atom is -0.458 e. The summed E-state index contributed by atoms with van der Waals surface area (Å²) in [5, 5.41) is 4.34. The normalized spacial score (nSPS) is 18.2. The lowest BCUT2D eigenvalue weighted by Crippen LogP contribution is -2.38. The fourth-order valence-electron chi connectivity index (χ4n) is 3.31. The van der Waals surface area contributed by atoms with Crippen LogP contribution in [0, 0.1) is 0 Å². The van der Waals surface area contributed by atoms with Gasteiger partial charge in [0.1, 0.15) is 23.2 Å². The molecule has 0 radical (unpaired) electrons. The SMILES string of the molecule is CC(c1ccc(C(F)(F)F)nc1)n1nc2n(c1=O)C(C(=O)OC(C)(C)C)CCC2. The van der Waals surface area contributed by atoms with Crippen LogP contribution >= 0.6 is 0 Å². The van der Waals surface area contributed by atoms with Crippen molar-refractivity contribution in [3.05, 3.63) is 45.9 Å². The number of hydrogen-bond acceptors (Lipinski definition) is 5. The van der Waals surface area contributed by atoms with Gasteiger partial charge in [0.25, 0.3) is 0 Å². The van der Waals surface area contributed by atoms with Gasteiger partial charge in [-0.2, -0.15) is 18.3 Å². The highest BCUT2D eigenvalue weighted by molar-refractivity contribution is 5.74. The van der Waals surface area contributed by atoms with Gasteiger partial charge in [-0.05, 0) is 52.2 Å². The van der Waals surface area contributed by atoms with Crippen LogP contribution in [0.2, 0.25) is 0 Å². The molecule has 0 spiro atoms. The number of carbonyl (C=O) groups is 1. The van der Waals surface area contributed by atoms with E-state index in [0.29, 0.717) is 30.7 Å². The van der Waals surface area contributed by atoms with E-state index >= 15 is 0 Å². The number of fused-ring (bicyclic) bond motifs is 1. The number of esters is 1. The van der Waals surface area contributed by atoms with E-state index in [-0.39, 0.29) is 0 Å². The summed E-state index contributed by atoms with van der Waals surface area (Å²) >= 11 is 0. The summed E-state index contributed by atoms with van der Waals surface area (Å²) in [5.41, 5.74) is -1.78. The number of pyridine rings is 1. The summed E-state index contributed by atoms with van der Waals surface area (Å²) in [6, 6.07) is 0.735. The molecule has 0 N–H and O–H groups in total. The lowest BCUT2D eigenvalue weighted by Gasteiger charge is -2.26. The molecule has 0 aliphatic carbocycles. The molecule has 2 aromatic rings. The van der Waals surface area contributed by atoms with Crippen molar-refractivity contribution < 1.29 is 22.7 Å². The Morgan fingerprint density at radius 1 is 1.28 bits per heavy atom. The molecule has 10 heteroatoms. The predicted molar refractivity (Wildman–Crippen MR) is 97.4 cm³/mol. The van der Waals surface area contributed by atoms with Gasteiger partial charge in [0.2, 0.25) is 0 Å². The summed E-state index contributed by atoms with van der Waals surface area (Å²) in [5.74, 6) is -0.0345. The second kappa shape index (κ2) is 7.31. The number of aryl methyl sites for hydroxylation is 1. The first-order chi connectivity index (χ1) is 13.4. The molecule has 29 heavy (non-hydrogen) atoms. The Hall–Kier alpha value is -2.65. The van der Waals surface area contributed by atoms with Crippen LogP contribution in [-0.4, -0.2) is 30.9 Å². The van der Waals surface area contributed by atoms with E-state index in [1.54, 1.807) is 27.7 Å². The molecule has 0 fully saturated rings. The fraction of sp³-hybridized carbons (Fsp3) is 0.579. The van der Waals surface area contributed by atoms with Crippen LogP contribution in [0.3, 0.4) is 0 Å². The maximum Gasteiger partial charge on any atom is 0.433 e. The van der Waals surface area contributed by atoms with Crippen LogP contribution in [0.1, 0.15) is 69.7 Å². The average molecular weight is 412 g/mol. The minimum atomic E-state index is -4.53. The Balaban J connectivity index is 1.93. The largest absolute Gasteiger partial charge is 0.458 e. The smallest absolute Gasteiger partial charge is 0.433 e. The van der Waals surface area contributed by atoms with E-state index in [2.05, 4.69) is 10.1 Å². The van der Waals surface area contributed by atoms with Crippen molar-refractivity contribution in [3.63, 3.8) is 0 Å². The number of halogens is 3. The van der Waals surface area contributed by atoms with Crippen molar-refractivity contribution in [2.45, 2.75) is 70.8 Å². The van der Waals surface area contributed by atoms with E-state index in [9.17, 15) is 22.8 Å². The maximum absolute atomic E-state index is 13.0. The van der Waals surface area contributed by atoms with Gasteiger partial charge in [-0.25, -0.2) is 14.3 Å². The van der Waals surface area contributed by atoms with Crippen molar-refractivity contribution in [1.29, 1.82) is 0 Å². The van der Waals surface area contributed by atoms with E-state index in [4.69, 9.17) is 4.74 Å². The first kappa shape index (κ1) is 21.1. The molecule has 0 bridgehead atoms. The fourth-order valence-corrected chi connectivity index (χ4v) is 3.31. The molecule has 0 saturated carbocycles. The standard InChI is InChI=1S/C19H23F3N4O3/c1-11(12-8-9-14(23-10-12)19(20,21)22)26-17(28)25-13(6-5-7-15(25)24-26)16(27)29-18(2,3)4/h8-11,13H,5-7H2,1-4H3. The van der Waals surface area contributed by atoms with Crippen LogP contribution in [-0.2, 0) is 22.1 Å². The monoisotopic (exact) mass is 412 g/mol. The quantitative estimate of drug-likeness (QED) is 0.723. The summed E-state index contributed by atoms with van der Waals surface area (Å²) in [4.78, 5) is 29.0. The third-order valence-electron chi connectivity index (χ3n) is 4.70. The zero-order chi connectivity index (χ0) is 21.6. The van der Waals surface area contributed by atoms with E-state index in [1.807, 2.05) is 0 Å². The van der Waals surface area contributed by atoms with Crippen LogP contribution in [0.25, 0.3) is 0 Å². The summed E-state index contributed by atoms with van der Waals surface area (Å²) in [6.45, 7) is 6.90. The second-order valence-corrected chi connectivity index (χ2v) is 8.11. The molecular weight excluding hydrogens is 389 g/mol. The average Bonchev–Trinajstić information content (AvgIpc) is 2.96. The molecule has 158 valence electrons. The van der Waals surface area contributed by atoms with Gasteiger partial charge in [-0.15, -0.1) is 0 Å². The van der Waals surface area contributed by atoms with Crippen molar-refractivity contribution in [2.75, 3.05) is 0 Å². The van der Waals surface area contributed by atoms with E-state index in [0.717, 1.165) is 12.3 Å². The lowest BCUT2D eigenvalue weighted by molar-refractivity contribution is -0.159. The molecule has 0 saturated heterocycles. The topological polar surface area (TPSA) is 79.0 Å². The minimum absolute atomic E-state index is 0.407. The highest BCUT2D eigenvalue weighted by Crippen LogP contribution is 2.29. The number of alkyl halides is 3. The van der Waals surface area contributed by atoms with Crippen molar-refractivity contribution in [2.24, 2.45) is 0 Å². The molecule has 1 aliphatic heterocycles. The predicted octanol–water partition coefficient (Wildman–Crippen LogP) is 3.29. The highest BCUT2D eigenvalue weighted by atomic mass is 19.4. The summed E-state index contributed by atoms with van der Waals surface area (Å²) < 4.78 is 46.1. The lowest BCUT2D eigenvalue weighted by atomic mass is 10.0. The molecule has 0 amide bonds. The van der Waals surface area contributed by atoms with Crippen molar-refractivity contribution >= 4 is 5.97 Å². The zero-order valence-corrected chi connectivity index (χ0v) is 16.7. The van der Waals surface area contributed by atoms with Gasteiger partial charge in [0.05, 0.1) is 6.04 Å². The first-order valence-electron chi connectivity index (χ1n) is 9.34. The third kappa shape index (κ3) is 4.35. The molecule has 2 atom stereocenters. The van der Waals surface area contributed by atoms with Crippen LogP contribution in [0.5, 0.6) is 0 Å². The number of carbonyl (C=O) groups excluding carboxylic acids is 1. The summed E-state index contributed by atoms with van der Waals surface area (Å²) in [6.07, 6.45) is -1.78. The van der Waals surface area contributed by atoms with Gasteiger partial charge in [-0.1, -0.05) is 6.07 Å². The van der Waals surface area contributed by atoms with Crippen molar-refractivity contribution in [1.82, 2.24) is 19.3 Å². The maximum atomic E-state index is 13.0. The third-order valence-corrected chi connectivity index (χ3v) is 4.70. The van der Waals surface area contributed by atoms with Gasteiger partial charge in [0.15, 0.2) is 0 Å². The molecule has 2 aromatic heterocycles. The molecule has 1 aliphatic rings. The highest BCUT2D eigenvalue weighted by Gasteiger charge is 2.35. The van der Waals surface area contributed by atoms with Gasteiger partial charge in [0, 0.05) is 12.6 Å². The van der Waals surface area contributed by atoms with E-state index in [1.165, 1.54) is 15.3 Å². The van der Waals surface area contributed by atoms with E-state index < -0.39 is 41.2 Å². The van der Waals surface area contributed by atoms with Gasteiger partial charge >= 0.3 is 17.8 Å². The number of nitrogens with zero attached hydrogens (tertiary/aromatic N) is 4. The van der Waals surface area contributed by atoms with Crippen LogP contribution < -0.4 is 5.69 Å². The molecule has 3 rings (SSSR count). The number of rotatable bonds is 3. The Bertz CT molecular complexity index is 955. The Morgan fingerprint density at radius 3 is 2.52 bits per heavy atom. The zero-order valence-electron chi connectivity index (χ0n) is 16.7. The first-order valence-corrected chi connectivity index (χ1v) is 9.34. The van der Waals surface area contributed by atoms with Gasteiger partial charge in [-0.3, -0.25) is 9.55 Å².